The molecule has 0 fully saturated rings. The highest BCUT2D eigenvalue weighted by atomic mass is 32.2. The van der Waals surface area contributed by atoms with Crippen molar-refractivity contribution in [3.63, 3.8) is 0 Å². The molecule has 5 nitrogen and oxygen atoms in total. The van der Waals surface area contributed by atoms with Crippen molar-refractivity contribution in [3.8, 4) is 0 Å². The van der Waals surface area contributed by atoms with Crippen molar-refractivity contribution in [2.24, 2.45) is 0 Å². The lowest BCUT2D eigenvalue weighted by molar-refractivity contribution is 0.102. The number of hydrogen-bond donors (Lipinski definition) is 1. The molecular weight excluding hydrogens is 360 g/mol. The summed E-state index contributed by atoms with van der Waals surface area (Å²) in [5.74, 6) is -0.298. The Labute approximate surface area is 159 Å². The van der Waals surface area contributed by atoms with Crippen LogP contribution in [0.3, 0.4) is 0 Å². The van der Waals surface area contributed by atoms with E-state index in [1.165, 1.54) is 11.4 Å². The minimum absolute atomic E-state index is 0.196. The zero-order valence-electron chi connectivity index (χ0n) is 15.1. The minimum atomic E-state index is -3.70. The first kappa shape index (κ1) is 18.7. The number of nitrogens with zero attached hydrogens (tertiary/aromatic N) is 1. The van der Waals surface area contributed by atoms with Gasteiger partial charge in [0.05, 0.1) is 10.6 Å². The molecular formula is C21H20N2O3S. The van der Waals surface area contributed by atoms with E-state index in [0.29, 0.717) is 16.9 Å². The Morgan fingerprint density at radius 1 is 0.889 bits per heavy atom. The molecule has 0 spiro atoms. The summed E-state index contributed by atoms with van der Waals surface area (Å²) in [4.78, 5) is 12.7. The van der Waals surface area contributed by atoms with E-state index in [1.807, 2.05) is 25.1 Å². The first-order chi connectivity index (χ1) is 12.9. The van der Waals surface area contributed by atoms with E-state index in [-0.39, 0.29) is 10.8 Å². The van der Waals surface area contributed by atoms with Crippen LogP contribution >= 0.6 is 0 Å². The van der Waals surface area contributed by atoms with Gasteiger partial charge in [-0.25, -0.2) is 8.42 Å². The van der Waals surface area contributed by atoms with Crippen LogP contribution < -0.4 is 9.62 Å². The first-order valence-electron chi connectivity index (χ1n) is 8.40. The molecule has 0 saturated heterocycles. The standard InChI is InChI=1S/C21H20N2O3S/c1-16-8-6-10-18(14-16)22-21(24)17-9-7-11-19(15-17)23(2)27(25,26)20-12-4-3-5-13-20/h3-15H,1-2H3,(H,22,24). The van der Waals surface area contributed by atoms with Crippen molar-refractivity contribution < 1.29 is 13.2 Å². The highest BCUT2D eigenvalue weighted by Crippen LogP contribution is 2.23. The third-order valence-electron chi connectivity index (χ3n) is 4.15. The Kier molecular flexibility index (Phi) is 5.28. The van der Waals surface area contributed by atoms with Gasteiger partial charge in [-0.1, -0.05) is 36.4 Å². The molecule has 0 atom stereocenters. The molecule has 0 aliphatic heterocycles. The van der Waals surface area contributed by atoms with Crippen LogP contribution in [0.1, 0.15) is 15.9 Å². The van der Waals surface area contributed by atoms with Gasteiger partial charge in [-0.15, -0.1) is 0 Å². The Morgan fingerprint density at radius 3 is 2.30 bits per heavy atom. The van der Waals surface area contributed by atoms with Crippen LogP contribution in [0.15, 0.2) is 83.8 Å². The number of sulfonamides is 1. The molecule has 0 aliphatic rings. The lowest BCUT2D eigenvalue weighted by Crippen LogP contribution is -2.26. The fourth-order valence-corrected chi connectivity index (χ4v) is 3.87. The quantitative estimate of drug-likeness (QED) is 0.725. The van der Waals surface area contributed by atoms with Crippen molar-refractivity contribution in [1.29, 1.82) is 0 Å². The molecule has 27 heavy (non-hydrogen) atoms. The average molecular weight is 380 g/mol. The summed E-state index contributed by atoms with van der Waals surface area (Å²) >= 11 is 0. The monoisotopic (exact) mass is 380 g/mol. The maximum Gasteiger partial charge on any atom is 0.264 e. The number of amides is 1. The number of anilines is 2. The topological polar surface area (TPSA) is 66.5 Å². The molecule has 3 rings (SSSR count). The number of hydrogen-bond acceptors (Lipinski definition) is 3. The zero-order chi connectivity index (χ0) is 19.4. The molecule has 3 aromatic carbocycles. The molecule has 0 aliphatic carbocycles. The van der Waals surface area contributed by atoms with Gasteiger partial charge < -0.3 is 5.32 Å². The molecule has 0 unspecified atom stereocenters. The molecule has 138 valence electrons. The SMILES string of the molecule is Cc1cccc(NC(=O)c2cccc(N(C)S(=O)(=O)c3ccccc3)c2)c1. The first-order valence-corrected chi connectivity index (χ1v) is 9.84. The molecule has 1 N–H and O–H groups in total. The second-order valence-corrected chi connectivity index (χ2v) is 8.13. The summed E-state index contributed by atoms with van der Waals surface area (Å²) in [7, 11) is -2.23. The predicted molar refractivity (Wildman–Crippen MR) is 108 cm³/mol. The van der Waals surface area contributed by atoms with Crippen molar-refractivity contribution >= 4 is 27.3 Å². The maximum atomic E-state index is 12.8. The minimum Gasteiger partial charge on any atom is -0.322 e. The molecule has 0 saturated carbocycles. The van der Waals surface area contributed by atoms with E-state index in [1.54, 1.807) is 60.7 Å². The highest BCUT2D eigenvalue weighted by molar-refractivity contribution is 7.92. The average Bonchev–Trinajstić information content (AvgIpc) is 2.68. The number of rotatable bonds is 5. The number of benzene rings is 3. The molecule has 3 aromatic rings. The van der Waals surface area contributed by atoms with E-state index >= 15 is 0 Å². The van der Waals surface area contributed by atoms with Crippen LogP contribution in [0.2, 0.25) is 0 Å². The van der Waals surface area contributed by atoms with Gasteiger partial charge in [-0.05, 0) is 55.0 Å². The van der Waals surface area contributed by atoms with Gasteiger partial charge in [-0.3, -0.25) is 9.10 Å². The molecule has 1 amide bonds. The Hall–Kier alpha value is -3.12. The molecule has 0 aromatic heterocycles. The van der Waals surface area contributed by atoms with E-state index in [2.05, 4.69) is 5.32 Å². The summed E-state index contributed by atoms with van der Waals surface area (Å²) in [6, 6.07) is 22.2. The fraction of sp³-hybridized carbons (Fsp3) is 0.0952. The molecule has 0 heterocycles. The van der Waals surface area contributed by atoms with Crippen LogP contribution in [0.25, 0.3) is 0 Å². The highest BCUT2D eigenvalue weighted by Gasteiger charge is 2.21. The van der Waals surface area contributed by atoms with Gasteiger partial charge in [0.25, 0.3) is 15.9 Å². The number of carbonyl (C=O) groups excluding carboxylic acids is 1. The van der Waals surface area contributed by atoms with Crippen LogP contribution in [0, 0.1) is 6.92 Å². The van der Waals surface area contributed by atoms with E-state index < -0.39 is 10.0 Å². The summed E-state index contributed by atoms with van der Waals surface area (Å²) in [6.45, 7) is 1.94. The fourth-order valence-electron chi connectivity index (χ4n) is 2.66. The van der Waals surface area contributed by atoms with Gasteiger partial charge in [-0.2, -0.15) is 0 Å². The van der Waals surface area contributed by atoms with E-state index in [4.69, 9.17) is 0 Å². The number of carbonyl (C=O) groups is 1. The normalized spacial score (nSPS) is 11.0. The third kappa shape index (κ3) is 4.17. The van der Waals surface area contributed by atoms with Gasteiger partial charge in [0.1, 0.15) is 0 Å². The summed E-state index contributed by atoms with van der Waals surface area (Å²) < 4.78 is 26.7. The van der Waals surface area contributed by atoms with Crippen LogP contribution in [-0.4, -0.2) is 21.4 Å². The number of nitrogens with one attached hydrogen (secondary N) is 1. The Bertz CT molecular complexity index is 1060. The Balaban J connectivity index is 1.86. The zero-order valence-corrected chi connectivity index (χ0v) is 15.9. The second-order valence-electron chi connectivity index (χ2n) is 6.16. The largest absolute Gasteiger partial charge is 0.322 e. The third-order valence-corrected chi connectivity index (χ3v) is 5.95. The Morgan fingerprint density at radius 2 is 1.59 bits per heavy atom. The van der Waals surface area contributed by atoms with Crippen LogP contribution in [0.4, 0.5) is 11.4 Å². The summed E-state index contributed by atoms with van der Waals surface area (Å²) in [5, 5.41) is 2.83. The van der Waals surface area contributed by atoms with Crippen LogP contribution in [-0.2, 0) is 10.0 Å². The van der Waals surface area contributed by atoms with Gasteiger partial charge in [0.15, 0.2) is 0 Å². The maximum absolute atomic E-state index is 12.8. The van der Waals surface area contributed by atoms with Gasteiger partial charge in [0.2, 0.25) is 0 Å². The van der Waals surface area contributed by atoms with Gasteiger partial charge in [0, 0.05) is 18.3 Å². The van der Waals surface area contributed by atoms with Crippen molar-refractivity contribution in [3.05, 3.63) is 90.0 Å². The molecule has 6 heteroatoms. The van der Waals surface area contributed by atoms with E-state index in [0.717, 1.165) is 5.56 Å². The molecule has 0 radical (unpaired) electrons. The molecule has 0 bridgehead atoms. The van der Waals surface area contributed by atoms with Crippen molar-refractivity contribution in [1.82, 2.24) is 0 Å². The van der Waals surface area contributed by atoms with Crippen LogP contribution in [0.5, 0.6) is 0 Å². The summed E-state index contributed by atoms with van der Waals surface area (Å²) in [5.41, 5.74) is 2.52. The lowest BCUT2D eigenvalue weighted by atomic mass is 10.1. The van der Waals surface area contributed by atoms with Gasteiger partial charge >= 0.3 is 0 Å². The smallest absolute Gasteiger partial charge is 0.264 e. The summed E-state index contributed by atoms with van der Waals surface area (Å²) in [6.07, 6.45) is 0. The lowest BCUT2D eigenvalue weighted by Gasteiger charge is -2.20. The predicted octanol–water partition coefficient (Wildman–Crippen LogP) is 4.07. The number of aryl methyl sites for hydroxylation is 1. The van der Waals surface area contributed by atoms with E-state index in [9.17, 15) is 13.2 Å². The second kappa shape index (κ2) is 7.63. The van der Waals surface area contributed by atoms with Crippen molar-refractivity contribution in [2.45, 2.75) is 11.8 Å². The van der Waals surface area contributed by atoms with Crippen molar-refractivity contribution in [2.75, 3.05) is 16.7 Å².